The number of amides is 2. The van der Waals surface area contributed by atoms with E-state index in [2.05, 4.69) is 10.4 Å². The number of benzene rings is 1. The molecule has 0 atom stereocenters. The van der Waals surface area contributed by atoms with Gasteiger partial charge in [-0.3, -0.25) is 4.90 Å². The third-order valence-corrected chi connectivity index (χ3v) is 3.76. The molecule has 0 bridgehead atoms. The molecule has 2 aromatic rings. The lowest BCUT2D eigenvalue weighted by molar-refractivity contribution is 0.255. The number of anilines is 2. The number of carbonyl (C=O) groups is 1. The summed E-state index contributed by atoms with van der Waals surface area (Å²) in [6.45, 7) is 3.42. The number of ether oxygens (including phenoxy) is 2. The molecule has 0 saturated heterocycles. The Morgan fingerprint density at radius 3 is 2.48 bits per heavy atom. The molecule has 0 aliphatic carbocycles. The number of methoxy groups -OCH3 is 2. The van der Waals surface area contributed by atoms with Gasteiger partial charge < -0.3 is 14.8 Å². The number of aromatic nitrogens is 2. The van der Waals surface area contributed by atoms with Gasteiger partial charge in [0, 0.05) is 43.0 Å². The van der Waals surface area contributed by atoms with E-state index in [1.807, 2.05) is 17.7 Å². The highest BCUT2D eigenvalue weighted by atomic mass is 16.5. The van der Waals surface area contributed by atoms with Crippen molar-refractivity contribution in [3.05, 3.63) is 30.0 Å². The Balaban J connectivity index is 1.82. The Kier molecular flexibility index (Phi) is 4.10. The fourth-order valence-corrected chi connectivity index (χ4v) is 2.68. The summed E-state index contributed by atoms with van der Waals surface area (Å²) in [5, 5.41) is 7.30. The van der Waals surface area contributed by atoms with E-state index < -0.39 is 0 Å². The number of carbonyl (C=O) groups excluding carboxylic acids is 1. The van der Waals surface area contributed by atoms with Crippen molar-refractivity contribution in [2.24, 2.45) is 0 Å². The highest BCUT2D eigenvalue weighted by Crippen LogP contribution is 2.27. The fraction of sp³-hybridized carbons (Fsp3) is 0.375. The van der Waals surface area contributed by atoms with Gasteiger partial charge in [0.25, 0.3) is 0 Å². The first-order valence-corrected chi connectivity index (χ1v) is 7.47. The Morgan fingerprint density at radius 2 is 1.83 bits per heavy atom. The molecule has 0 spiro atoms. The number of hydrogen-bond donors (Lipinski definition) is 1. The second kappa shape index (κ2) is 6.20. The molecule has 0 fully saturated rings. The van der Waals surface area contributed by atoms with Crippen LogP contribution in [0.3, 0.4) is 0 Å². The van der Waals surface area contributed by atoms with Gasteiger partial charge in [-0.15, -0.1) is 0 Å². The van der Waals surface area contributed by atoms with E-state index in [0.717, 1.165) is 24.5 Å². The van der Waals surface area contributed by atoms with E-state index in [0.29, 0.717) is 23.7 Å². The van der Waals surface area contributed by atoms with E-state index in [1.165, 1.54) is 0 Å². The maximum Gasteiger partial charge on any atom is 0.327 e. The van der Waals surface area contributed by atoms with Crippen LogP contribution in [0.15, 0.2) is 24.3 Å². The second-order valence-electron chi connectivity index (χ2n) is 5.40. The van der Waals surface area contributed by atoms with Gasteiger partial charge in [-0.2, -0.15) is 5.10 Å². The van der Waals surface area contributed by atoms with Crippen LogP contribution in [-0.2, 0) is 6.54 Å². The van der Waals surface area contributed by atoms with Crippen LogP contribution in [0.5, 0.6) is 11.5 Å². The van der Waals surface area contributed by atoms with E-state index in [9.17, 15) is 4.79 Å². The molecule has 0 radical (unpaired) electrons. The molecule has 23 heavy (non-hydrogen) atoms. The van der Waals surface area contributed by atoms with Crippen LogP contribution in [0.2, 0.25) is 0 Å². The smallest absolute Gasteiger partial charge is 0.327 e. The van der Waals surface area contributed by atoms with Crippen LogP contribution < -0.4 is 19.7 Å². The summed E-state index contributed by atoms with van der Waals surface area (Å²) in [6.07, 6.45) is 0.878. The predicted octanol–water partition coefficient (Wildman–Crippen LogP) is 2.65. The SMILES string of the molecule is COc1cc(NC(=O)N2CCCn3nc(C)cc32)cc(OC)c1. The average molecular weight is 316 g/mol. The molecule has 1 aliphatic heterocycles. The zero-order valence-electron chi connectivity index (χ0n) is 13.5. The summed E-state index contributed by atoms with van der Waals surface area (Å²) in [5.41, 5.74) is 1.53. The number of urea groups is 1. The van der Waals surface area contributed by atoms with Crippen LogP contribution in [0.25, 0.3) is 0 Å². The number of fused-ring (bicyclic) bond motifs is 1. The number of nitrogens with one attached hydrogen (secondary N) is 1. The molecule has 1 aliphatic rings. The summed E-state index contributed by atoms with van der Waals surface area (Å²) in [5.74, 6) is 2.07. The minimum atomic E-state index is -0.193. The largest absolute Gasteiger partial charge is 0.497 e. The Hall–Kier alpha value is -2.70. The van der Waals surface area contributed by atoms with Gasteiger partial charge in [-0.1, -0.05) is 0 Å². The van der Waals surface area contributed by atoms with Gasteiger partial charge in [0.05, 0.1) is 19.9 Å². The first-order chi connectivity index (χ1) is 11.1. The van der Waals surface area contributed by atoms with E-state index in [4.69, 9.17) is 9.47 Å². The lowest BCUT2D eigenvalue weighted by Gasteiger charge is -2.27. The van der Waals surface area contributed by atoms with Gasteiger partial charge in [-0.25, -0.2) is 9.48 Å². The molecule has 1 aromatic carbocycles. The molecule has 0 saturated carbocycles. The molecule has 7 heteroatoms. The number of nitrogens with zero attached hydrogens (tertiary/aromatic N) is 3. The number of aryl methyl sites for hydroxylation is 2. The number of rotatable bonds is 3. The lowest BCUT2D eigenvalue weighted by atomic mass is 10.2. The van der Waals surface area contributed by atoms with Crippen molar-refractivity contribution in [3.63, 3.8) is 0 Å². The zero-order chi connectivity index (χ0) is 16.4. The summed E-state index contributed by atoms with van der Waals surface area (Å²) in [6, 6.07) is 7.00. The molecule has 2 heterocycles. The quantitative estimate of drug-likeness (QED) is 0.945. The standard InChI is InChI=1S/C16H20N4O3/c1-11-7-15-19(5-4-6-20(15)18-11)16(21)17-12-8-13(22-2)10-14(9-12)23-3/h7-10H,4-6H2,1-3H3,(H,17,21). The first-order valence-electron chi connectivity index (χ1n) is 7.47. The average Bonchev–Trinajstić information content (AvgIpc) is 2.94. The van der Waals surface area contributed by atoms with Crippen molar-refractivity contribution in [2.45, 2.75) is 19.9 Å². The molecular formula is C16H20N4O3. The predicted molar refractivity (Wildman–Crippen MR) is 87.5 cm³/mol. The van der Waals surface area contributed by atoms with Crippen LogP contribution in [0, 0.1) is 6.92 Å². The van der Waals surface area contributed by atoms with Crippen molar-refractivity contribution < 1.29 is 14.3 Å². The summed E-state index contributed by atoms with van der Waals surface area (Å²) < 4.78 is 12.3. The highest BCUT2D eigenvalue weighted by Gasteiger charge is 2.24. The molecular weight excluding hydrogens is 296 g/mol. The van der Waals surface area contributed by atoms with Crippen molar-refractivity contribution in [2.75, 3.05) is 31.0 Å². The Morgan fingerprint density at radius 1 is 1.13 bits per heavy atom. The van der Waals surface area contributed by atoms with Crippen molar-refractivity contribution in [3.8, 4) is 11.5 Å². The van der Waals surface area contributed by atoms with Crippen LogP contribution >= 0.6 is 0 Å². The summed E-state index contributed by atoms with van der Waals surface area (Å²) in [4.78, 5) is 14.3. The molecule has 1 aromatic heterocycles. The van der Waals surface area contributed by atoms with E-state index >= 15 is 0 Å². The maximum absolute atomic E-state index is 12.6. The van der Waals surface area contributed by atoms with E-state index in [-0.39, 0.29) is 6.03 Å². The van der Waals surface area contributed by atoms with E-state index in [1.54, 1.807) is 37.3 Å². The second-order valence-corrected chi connectivity index (χ2v) is 5.40. The van der Waals surface area contributed by atoms with Crippen LogP contribution in [0.4, 0.5) is 16.3 Å². The molecule has 2 amide bonds. The van der Waals surface area contributed by atoms with Gasteiger partial charge in [0.15, 0.2) is 0 Å². The Bertz CT molecular complexity index is 704. The lowest BCUT2D eigenvalue weighted by Crippen LogP contribution is -2.40. The molecule has 1 N–H and O–H groups in total. The monoisotopic (exact) mass is 316 g/mol. The molecule has 122 valence electrons. The maximum atomic E-state index is 12.6. The topological polar surface area (TPSA) is 68.6 Å². The van der Waals surface area contributed by atoms with Gasteiger partial charge >= 0.3 is 6.03 Å². The third kappa shape index (κ3) is 3.08. The number of hydrogen-bond acceptors (Lipinski definition) is 4. The van der Waals surface area contributed by atoms with Crippen molar-refractivity contribution in [1.82, 2.24) is 9.78 Å². The first kappa shape index (κ1) is 15.2. The van der Waals surface area contributed by atoms with Gasteiger partial charge in [-0.05, 0) is 13.3 Å². The minimum absolute atomic E-state index is 0.193. The van der Waals surface area contributed by atoms with Crippen LogP contribution in [-0.4, -0.2) is 36.6 Å². The minimum Gasteiger partial charge on any atom is -0.497 e. The molecule has 0 unspecified atom stereocenters. The fourth-order valence-electron chi connectivity index (χ4n) is 2.68. The third-order valence-electron chi connectivity index (χ3n) is 3.76. The molecule has 7 nitrogen and oxygen atoms in total. The van der Waals surface area contributed by atoms with Crippen LogP contribution in [0.1, 0.15) is 12.1 Å². The van der Waals surface area contributed by atoms with Gasteiger partial charge in [0.1, 0.15) is 17.3 Å². The normalized spacial score (nSPS) is 13.4. The van der Waals surface area contributed by atoms with Gasteiger partial charge in [0.2, 0.25) is 0 Å². The zero-order valence-corrected chi connectivity index (χ0v) is 13.5. The summed E-state index contributed by atoms with van der Waals surface area (Å²) in [7, 11) is 3.15. The molecule has 3 rings (SSSR count). The highest BCUT2D eigenvalue weighted by molar-refractivity contribution is 6.01. The Labute approximate surface area is 134 Å². The summed E-state index contributed by atoms with van der Waals surface area (Å²) >= 11 is 0. The van der Waals surface area contributed by atoms with Crippen molar-refractivity contribution in [1.29, 1.82) is 0 Å². The van der Waals surface area contributed by atoms with Crippen molar-refractivity contribution >= 4 is 17.5 Å².